The first-order valence-corrected chi connectivity index (χ1v) is 8.20. The fourth-order valence-corrected chi connectivity index (χ4v) is 3.28. The van der Waals surface area contributed by atoms with Crippen molar-refractivity contribution in [1.82, 2.24) is 0 Å². The van der Waals surface area contributed by atoms with Gasteiger partial charge in [0.05, 0.1) is 5.60 Å². The minimum Gasteiger partial charge on any atom is -0.465 e. The molecule has 0 bridgehead atoms. The molecule has 2 unspecified atom stereocenters. The van der Waals surface area contributed by atoms with Crippen LogP contribution in [0.1, 0.15) is 66.4 Å². The van der Waals surface area contributed by atoms with Crippen LogP contribution in [0.15, 0.2) is 24.3 Å². The molecule has 1 aromatic carbocycles. The topological polar surface area (TPSA) is 38.7 Å². The first-order chi connectivity index (χ1) is 10.1. The predicted molar refractivity (Wildman–Crippen MR) is 91.3 cm³/mol. The van der Waals surface area contributed by atoms with Crippen LogP contribution in [-0.2, 0) is 4.74 Å². The van der Waals surface area contributed by atoms with Crippen molar-refractivity contribution in [3.63, 3.8) is 0 Å². The maximum atomic E-state index is 10.5. The number of ether oxygens (including phenoxy) is 2. The molecule has 0 radical (unpaired) electrons. The molecule has 0 aliphatic rings. The van der Waals surface area contributed by atoms with Crippen molar-refractivity contribution in [2.75, 3.05) is 6.61 Å². The largest absolute Gasteiger partial charge is 0.465 e. The van der Waals surface area contributed by atoms with Gasteiger partial charge in [0.2, 0.25) is 0 Å². The van der Waals surface area contributed by atoms with E-state index in [1.807, 2.05) is 52.0 Å². The Labute approximate surface area is 135 Å². The van der Waals surface area contributed by atoms with Gasteiger partial charge in [0.1, 0.15) is 5.75 Å². The fraction of sp³-hybridized carbons (Fsp3) is 0.684. The van der Waals surface area contributed by atoms with Gasteiger partial charge in [0, 0.05) is 18.9 Å². The van der Waals surface area contributed by atoms with E-state index in [1.54, 1.807) is 0 Å². The maximum absolute atomic E-state index is 10.5. The van der Waals surface area contributed by atoms with Gasteiger partial charge in [-0.2, -0.15) is 0 Å². The lowest BCUT2D eigenvalue weighted by Crippen LogP contribution is -2.37. The van der Waals surface area contributed by atoms with E-state index in [0.29, 0.717) is 6.61 Å². The first-order valence-electron chi connectivity index (χ1n) is 8.20. The molecule has 0 amide bonds. The van der Waals surface area contributed by atoms with Crippen LogP contribution in [0.3, 0.4) is 0 Å². The second-order valence-electron chi connectivity index (χ2n) is 7.43. The Morgan fingerprint density at radius 1 is 1.00 bits per heavy atom. The number of benzene rings is 1. The van der Waals surface area contributed by atoms with E-state index in [4.69, 9.17) is 9.47 Å². The molecular weight excluding hydrogens is 276 g/mol. The Morgan fingerprint density at radius 2 is 1.55 bits per heavy atom. The third-order valence-electron chi connectivity index (χ3n) is 3.74. The molecule has 0 aliphatic carbocycles. The van der Waals surface area contributed by atoms with Crippen molar-refractivity contribution >= 4 is 0 Å². The second-order valence-corrected chi connectivity index (χ2v) is 7.43. The number of hydrogen-bond acceptors (Lipinski definition) is 3. The van der Waals surface area contributed by atoms with Crippen LogP contribution in [-0.4, -0.2) is 23.6 Å². The molecule has 0 spiro atoms. The second kappa shape index (κ2) is 7.47. The zero-order valence-electron chi connectivity index (χ0n) is 15.1. The van der Waals surface area contributed by atoms with Crippen molar-refractivity contribution in [1.29, 1.82) is 0 Å². The van der Waals surface area contributed by atoms with Crippen molar-refractivity contribution in [3.05, 3.63) is 29.8 Å². The van der Waals surface area contributed by atoms with Crippen molar-refractivity contribution in [2.45, 2.75) is 72.7 Å². The highest BCUT2D eigenvalue weighted by Crippen LogP contribution is 2.43. The first kappa shape index (κ1) is 19.0. The van der Waals surface area contributed by atoms with Crippen LogP contribution >= 0.6 is 0 Å². The summed E-state index contributed by atoms with van der Waals surface area (Å²) in [7, 11) is 0. The van der Waals surface area contributed by atoms with Crippen LogP contribution in [0.2, 0.25) is 0 Å². The molecule has 0 heterocycles. The van der Waals surface area contributed by atoms with Crippen LogP contribution in [0.5, 0.6) is 5.75 Å². The summed E-state index contributed by atoms with van der Waals surface area (Å²) >= 11 is 0. The molecule has 1 N–H and O–H groups in total. The molecule has 3 nitrogen and oxygen atoms in total. The van der Waals surface area contributed by atoms with Gasteiger partial charge in [0.25, 0.3) is 0 Å². The molecule has 0 fully saturated rings. The van der Waals surface area contributed by atoms with E-state index in [9.17, 15) is 5.11 Å². The van der Waals surface area contributed by atoms with Crippen molar-refractivity contribution < 1.29 is 14.6 Å². The molecule has 0 aromatic heterocycles. The third kappa shape index (κ3) is 5.29. The van der Waals surface area contributed by atoms with Gasteiger partial charge in [-0.3, -0.25) is 0 Å². The fourth-order valence-electron chi connectivity index (χ4n) is 3.28. The lowest BCUT2D eigenvalue weighted by molar-refractivity contribution is -0.0767. The van der Waals surface area contributed by atoms with Crippen molar-refractivity contribution in [2.24, 2.45) is 5.41 Å². The van der Waals surface area contributed by atoms with Crippen molar-refractivity contribution in [3.8, 4) is 5.75 Å². The number of hydrogen-bond donors (Lipinski definition) is 1. The Morgan fingerprint density at radius 3 is 1.91 bits per heavy atom. The minimum absolute atomic E-state index is 0.0299. The number of rotatable bonds is 7. The zero-order chi connectivity index (χ0) is 17.0. The molecule has 22 heavy (non-hydrogen) atoms. The molecule has 1 rings (SSSR count). The molecule has 2 atom stereocenters. The van der Waals surface area contributed by atoms with Crippen LogP contribution < -0.4 is 4.74 Å². The summed E-state index contributed by atoms with van der Waals surface area (Å²) in [4.78, 5) is 0. The summed E-state index contributed by atoms with van der Waals surface area (Å²) in [5, 5.41) is 10.5. The van der Waals surface area contributed by atoms with E-state index < -0.39 is 5.60 Å². The van der Waals surface area contributed by atoms with Crippen LogP contribution in [0.4, 0.5) is 0 Å². The average molecular weight is 308 g/mol. The summed E-state index contributed by atoms with van der Waals surface area (Å²) in [5.74, 6) is 0.843. The minimum atomic E-state index is -0.780. The van der Waals surface area contributed by atoms with Gasteiger partial charge in [-0.15, -0.1) is 0 Å². The highest BCUT2D eigenvalue weighted by Gasteiger charge is 2.37. The molecular formula is C19H32O3. The monoisotopic (exact) mass is 308 g/mol. The summed E-state index contributed by atoms with van der Waals surface area (Å²) in [6.45, 7) is 14.9. The molecule has 1 aromatic rings. The predicted octanol–water partition coefficient (Wildman–Crippen LogP) is 4.74. The average Bonchev–Trinajstić information content (AvgIpc) is 2.37. The van der Waals surface area contributed by atoms with Gasteiger partial charge in [-0.1, -0.05) is 39.8 Å². The third-order valence-corrected chi connectivity index (χ3v) is 3.74. The number of aliphatic hydroxyl groups is 1. The zero-order valence-corrected chi connectivity index (χ0v) is 15.1. The summed E-state index contributed by atoms with van der Waals surface area (Å²) in [6, 6.07) is 8.01. The van der Waals surface area contributed by atoms with E-state index in [0.717, 1.165) is 17.7 Å². The highest BCUT2D eigenvalue weighted by atomic mass is 16.7. The van der Waals surface area contributed by atoms with Gasteiger partial charge in [-0.25, -0.2) is 0 Å². The summed E-state index contributed by atoms with van der Waals surface area (Å²) in [6.07, 6.45) is 0.604. The van der Waals surface area contributed by atoms with Crippen LogP contribution in [0.25, 0.3) is 0 Å². The Kier molecular flexibility index (Phi) is 6.45. The quantitative estimate of drug-likeness (QED) is 0.739. The lowest BCUT2D eigenvalue weighted by atomic mass is 9.68. The lowest BCUT2D eigenvalue weighted by Gasteiger charge is -2.40. The SMILES string of the molecule is CCOC(CC)Oc1ccc(C(C(C)(C)C)C(C)(C)O)cc1. The molecule has 0 saturated heterocycles. The normalized spacial score (nSPS) is 15.5. The smallest absolute Gasteiger partial charge is 0.199 e. The standard InChI is InChI=1S/C19H32O3/c1-8-16(21-9-2)22-15-12-10-14(11-13-15)17(18(3,4)5)19(6,7)20/h10-13,16-17,20H,8-9H2,1-7H3. The molecule has 3 heteroatoms. The highest BCUT2D eigenvalue weighted by molar-refractivity contribution is 5.32. The van der Waals surface area contributed by atoms with Gasteiger partial charge in [-0.05, 0) is 43.9 Å². The van der Waals surface area contributed by atoms with Gasteiger partial charge >= 0.3 is 0 Å². The molecule has 0 aliphatic heterocycles. The van der Waals surface area contributed by atoms with Crippen LogP contribution in [0, 0.1) is 5.41 Å². The maximum Gasteiger partial charge on any atom is 0.199 e. The summed E-state index contributed by atoms with van der Waals surface area (Å²) in [5.41, 5.74) is 0.312. The summed E-state index contributed by atoms with van der Waals surface area (Å²) < 4.78 is 11.3. The van der Waals surface area contributed by atoms with E-state index in [2.05, 4.69) is 20.8 Å². The van der Waals surface area contributed by atoms with Gasteiger partial charge in [0.15, 0.2) is 6.29 Å². The van der Waals surface area contributed by atoms with E-state index in [-0.39, 0.29) is 17.6 Å². The molecule has 0 saturated carbocycles. The Balaban J connectivity index is 2.95. The van der Waals surface area contributed by atoms with E-state index >= 15 is 0 Å². The van der Waals surface area contributed by atoms with Gasteiger partial charge < -0.3 is 14.6 Å². The van der Waals surface area contributed by atoms with E-state index in [1.165, 1.54) is 0 Å². The molecule has 126 valence electrons. The Hall–Kier alpha value is -1.06. The Bertz CT molecular complexity index is 423.